The van der Waals surface area contributed by atoms with E-state index in [1.54, 1.807) is 0 Å². The van der Waals surface area contributed by atoms with Crippen LogP contribution in [0.5, 0.6) is 5.75 Å². The van der Waals surface area contributed by atoms with E-state index < -0.39 is 0 Å². The van der Waals surface area contributed by atoms with Gasteiger partial charge in [0, 0.05) is 6.54 Å². The standard InChI is InChI=1S/C18H27NO/c1-18(2)8-3-4-14(11-18)13-20-17-6-5-15-7-9-19-12-16(15)10-17/h5-6,10,14,19H,3-4,7-9,11-13H2,1-2H3. The van der Waals surface area contributed by atoms with E-state index in [1.165, 1.54) is 36.8 Å². The van der Waals surface area contributed by atoms with Gasteiger partial charge in [0.15, 0.2) is 0 Å². The Morgan fingerprint density at radius 3 is 3.05 bits per heavy atom. The maximum atomic E-state index is 6.08. The number of benzene rings is 1. The highest BCUT2D eigenvalue weighted by Crippen LogP contribution is 2.38. The van der Waals surface area contributed by atoms with Crippen LogP contribution in [0.1, 0.15) is 50.7 Å². The van der Waals surface area contributed by atoms with Gasteiger partial charge in [-0.2, -0.15) is 0 Å². The van der Waals surface area contributed by atoms with Crippen LogP contribution in [0.3, 0.4) is 0 Å². The van der Waals surface area contributed by atoms with Crippen molar-refractivity contribution in [1.82, 2.24) is 5.32 Å². The van der Waals surface area contributed by atoms with E-state index in [0.717, 1.165) is 37.8 Å². The molecular formula is C18H27NO. The second-order valence-corrected chi connectivity index (χ2v) is 7.29. The van der Waals surface area contributed by atoms with Crippen LogP contribution >= 0.6 is 0 Å². The molecular weight excluding hydrogens is 246 g/mol. The van der Waals surface area contributed by atoms with Gasteiger partial charge in [0.2, 0.25) is 0 Å². The number of hydrogen-bond acceptors (Lipinski definition) is 2. The van der Waals surface area contributed by atoms with Crippen LogP contribution in [0.4, 0.5) is 0 Å². The molecule has 1 N–H and O–H groups in total. The van der Waals surface area contributed by atoms with Gasteiger partial charge in [-0.3, -0.25) is 0 Å². The van der Waals surface area contributed by atoms with Crippen molar-refractivity contribution in [2.24, 2.45) is 11.3 Å². The first kappa shape index (κ1) is 13.9. The Kier molecular flexibility index (Phi) is 4.02. The maximum Gasteiger partial charge on any atom is 0.119 e. The molecule has 1 saturated carbocycles. The largest absolute Gasteiger partial charge is 0.493 e. The molecule has 1 aliphatic heterocycles. The average Bonchev–Trinajstić information content (AvgIpc) is 2.44. The van der Waals surface area contributed by atoms with Gasteiger partial charge < -0.3 is 10.1 Å². The number of ether oxygens (including phenoxy) is 1. The average molecular weight is 273 g/mol. The molecule has 20 heavy (non-hydrogen) atoms. The molecule has 0 saturated heterocycles. The van der Waals surface area contributed by atoms with Crippen LogP contribution in [-0.2, 0) is 13.0 Å². The number of rotatable bonds is 3. The van der Waals surface area contributed by atoms with Crippen molar-refractivity contribution in [3.05, 3.63) is 29.3 Å². The summed E-state index contributed by atoms with van der Waals surface area (Å²) in [6, 6.07) is 6.63. The summed E-state index contributed by atoms with van der Waals surface area (Å²) in [5.41, 5.74) is 3.40. The quantitative estimate of drug-likeness (QED) is 0.901. The molecule has 3 rings (SSSR count). The van der Waals surface area contributed by atoms with Crippen LogP contribution in [0.25, 0.3) is 0 Å². The van der Waals surface area contributed by atoms with Crippen LogP contribution < -0.4 is 10.1 Å². The highest BCUT2D eigenvalue weighted by Gasteiger charge is 2.28. The van der Waals surface area contributed by atoms with E-state index in [-0.39, 0.29) is 0 Å². The Balaban J connectivity index is 1.58. The van der Waals surface area contributed by atoms with Crippen molar-refractivity contribution in [3.8, 4) is 5.75 Å². The molecule has 2 aliphatic rings. The molecule has 1 unspecified atom stereocenters. The summed E-state index contributed by atoms with van der Waals surface area (Å²) in [5, 5.41) is 3.43. The van der Waals surface area contributed by atoms with E-state index in [1.807, 2.05) is 0 Å². The number of nitrogens with one attached hydrogen (secondary N) is 1. The smallest absolute Gasteiger partial charge is 0.119 e. The molecule has 1 heterocycles. The molecule has 0 spiro atoms. The molecule has 1 aromatic rings. The summed E-state index contributed by atoms with van der Waals surface area (Å²) in [5.74, 6) is 1.78. The third-order valence-electron chi connectivity index (χ3n) is 4.86. The minimum Gasteiger partial charge on any atom is -0.493 e. The molecule has 0 amide bonds. The lowest BCUT2D eigenvalue weighted by Crippen LogP contribution is -2.26. The molecule has 110 valence electrons. The minimum atomic E-state index is 0.506. The summed E-state index contributed by atoms with van der Waals surface area (Å²) >= 11 is 0. The first-order valence-electron chi connectivity index (χ1n) is 8.08. The second kappa shape index (κ2) is 5.77. The van der Waals surface area contributed by atoms with Crippen molar-refractivity contribution >= 4 is 0 Å². The molecule has 2 nitrogen and oxygen atoms in total. The van der Waals surface area contributed by atoms with Gasteiger partial charge >= 0.3 is 0 Å². The van der Waals surface area contributed by atoms with E-state index in [4.69, 9.17) is 4.74 Å². The summed E-state index contributed by atoms with van der Waals surface area (Å²) in [4.78, 5) is 0. The van der Waals surface area contributed by atoms with Crippen molar-refractivity contribution in [1.29, 1.82) is 0 Å². The van der Waals surface area contributed by atoms with Gasteiger partial charge in [-0.25, -0.2) is 0 Å². The Bertz CT molecular complexity index is 466. The van der Waals surface area contributed by atoms with Gasteiger partial charge in [0.25, 0.3) is 0 Å². The van der Waals surface area contributed by atoms with Gasteiger partial charge in [-0.15, -0.1) is 0 Å². The van der Waals surface area contributed by atoms with Crippen molar-refractivity contribution < 1.29 is 4.74 Å². The Morgan fingerprint density at radius 2 is 2.20 bits per heavy atom. The Morgan fingerprint density at radius 1 is 1.30 bits per heavy atom. The molecule has 0 bridgehead atoms. The second-order valence-electron chi connectivity index (χ2n) is 7.29. The normalized spacial score (nSPS) is 25.0. The highest BCUT2D eigenvalue weighted by molar-refractivity contribution is 5.37. The van der Waals surface area contributed by atoms with E-state index in [0.29, 0.717) is 5.41 Å². The highest BCUT2D eigenvalue weighted by atomic mass is 16.5. The summed E-state index contributed by atoms with van der Waals surface area (Å²) in [6.07, 6.45) is 6.50. The fourth-order valence-corrected chi connectivity index (χ4v) is 3.76. The lowest BCUT2D eigenvalue weighted by molar-refractivity contribution is 0.129. The molecule has 0 aromatic heterocycles. The molecule has 0 radical (unpaired) electrons. The molecule has 2 heteroatoms. The van der Waals surface area contributed by atoms with Crippen molar-refractivity contribution in [3.63, 3.8) is 0 Å². The Labute approximate surface area is 122 Å². The summed E-state index contributed by atoms with van der Waals surface area (Å²) in [6.45, 7) is 7.76. The number of fused-ring (bicyclic) bond motifs is 1. The third-order valence-corrected chi connectivity index (χ3v) is 4.86. The third kappa shape index (κ3) is 3.35. The van der Waals surface area contributed by atoms with E-state index in [2.05, 4.69) is 37.4 Å². The monoisotopic (exact) mass is 273 g/mol. The van der Waals surface area contributed by atoms with Crippen LogP contribution in [0.2, 0.25) is 0 Å². The maximum absolute atomic E-state index is 6.08. The topological polar surface area (TPSA) is 21.3 Å². The predicted octanol–water partition coefficient (Wildman–Crippen LogP) is 3.93. The lowest BCUT2D eigenvalue weighted by Gasteiger charge is -2.35. The lowest BCUT2D eigenvalue weighted by atomic mass is 9.72. The summed E-state index contributed by atoms with van der Waals surface area (Å²) < 4.78 is 6.08. The Hall–Kier alpha value is -1.02. The molecule has 1 aliphatic carbocycles. The fraction of sp³-hybridized carbons (Fsp3) is 0.667. The SMILES string of the molecule is CC1(C)CCCC(COc2ccc3c(c2)CNCC3)C1. The van der Waals surface area contributed by atoms with E-state index in [9.17, 15) is 0 Å². The fourth-order valence-electron chi connectivity index (χ4n) is 3.76. The van der Waals surface area contributed by atoms with Crippen LogP contribution in [0, 0.1) is 11.3 Å². The first-order chi connectivity index (χ1) is 9.62. The van der Waals surface area contributed by atoms with Gasteiger partial charge in [0.1, 0.15) is 5.75 Å². The van der Waals surface area contributed by atoms with Gasteiger partial charge in [-0.1, -0.05) is 26.3 Å². The molecule has 1 fully saturated rings. The zero-order chi connectivity index (χ0) is 14.0. The molecule has 1 aromatic carbocycles. The van der Waals surface area contributed by atoms with Crippen molar-refractivity contribution in [2.45, 2.75) is 52.5 Å². The van der Waals surface area contributed by atoms with Crippen LogP contribution in [0.15, 0.2) is 18.2 Å². The zero-order valence-corrected chi connectivity index (χ0v) is 12.9. The van der Waals surface area contributed by atoms with Gasteiger partial charge in [-0.05, 0) is 66.8 Å². The minimum absolute atomic E-state index is 0.506. The first-order valence-corrected chi connectivity index (χ1v) is 8.08. The number of hydrogen-bond donors (Lipinski definition) is 1. The molecule has 1 atom stereocenters. The van der Waals surface area contributed by atoms with Crippen molar-refractivity contribution in [2.75, 3.05) is 13.2 Å². The zero-order valence-electron chi connectivity index (χ0n) is 12.9. The van der Waals surface area contributed by atoms with Gasteiger partial charge in [0.05, 0.1) is 6.61 Å². The summed E-state index contributed by atoms with van der Waals surface area (Å²) in [7, 11) is 0. The predicted molar refractivity (Wildman–Crippen MR) is 83.1 cm³/mol. The van der Waals surface area contributed by atoms with E-state index >= 15 is 0 Å². The van der Waals surface area contributed by atoms with Crippen LogP contribution in [-0.4, -0.2) is 13.2 Å².